The second-order valence-corrected chi connectivity index (χ2v) is 21.4. The molecule has 1 heterocycles. The van der Waals surface area contributed by atoms with Crippen molar-refractivity contribution in [2.45, 2.75) is 169 Å². The van der Waals surface area contributed by atoms with Crippen molar-refractivity contribution in [2.24, 2.45) is 23.2 Å². The highest BCUT2D eigenvalue weighted by atomic mass is 16.6. The fourth-order valence-electron chi connectivity index (χ4n) is 8.94. The van der Waals surface area contributed by atoms with Gasteiger partial charge in [-0.25, -0.2) is 0 Å². The third kappa shape index (κ3) is 15.7. The molecule has 1 fully saturated rings. The number of ketones is 2. The number of aryl methyl sites for hydroxylation is 1. The molecule has 0 spiro atoms. The fourth-order valence-corrected chi connectivity index (χ4v) is 8.94. The molecule has 19 heteroatoms. The Kier molecular flexibility index (Phi) is 21.2. The van der Waals surface area contributed by atoms with E-state index in [2.05, 4.69) is 37.2 Å². The van der Waals surface area contributed by atoms with Gasteiger partial charge in [-0.05, 0) is 114 Å². The van der Waals surface area contributed by atoms with Crippen molar-refractivity contribution in [3.8, 4) is 0 Å². The molecule has 0 bridgehead atoms. The Morgan fingerprint density at radius 1 is 0.764 bits per heavy atom. The van der Waals surface area contributed by atoms with Crippen LogP contribution in [0.5, 0.6) is 0 Å². The predicted octanol–water partition coefficient (Wildman–Crippen LogP) is 4.46. The van der Waals surface area contributed by atoms with Crippen LogP contribution < -0.4 is 37.2 Å². The number of rotatable bonds is 24. The van der Waals surface area contributed by atoms with Crippen molar-refractivity contribution < 1.29 is 43.3 Å². The van der Waals surface area contributed by atoms with Crippen LogP contribution in [0.2, 0.25) is 0 Å². The van der Waals surface area contributed by atoms with Crippen LogP contribution in [0.4, 0.5) is 5.69 Å². The van der Waals surface area contributed by atoms with Gasteiger partial charge in [0.15, 0.2) is 11.6 Å². The molecule has 6 amide bonds. The fraction of sp³-hybridized carbons (Fsp3) is 0.623. The van der Waals surface area contributed by atoms with Crippen molar-refractivity contribution >= 4 is 52.7 Å². The minimum atomic E-state index is -1.09. The molecule has 1 aliphatic carbocycles. The SMILES string of the molecule is CN[C@@H](C)C(=O)N[C@H](C(=O)N[C@@H](CCCC(=O)c1cc(C(=O)C[C@H]2C[C@@H](C(=O)N[C@@H]3CCCc4ccccc43)N(C(=O)[C@@H](NC(=O)[C@H](C)NC)C(C)(C)C)C2)cc([N+](=O)[O-])c1)C(=O)N[C@H](C)C(C)C)C(C)C. The smallest absolute Gasteiger partial charge is 0.270 e. The molecule has 2 aliphatic rings. The quantitative estimate of drug-likeness (QED) is 0.0437. The first-order chi connectivity index (χ1) is 33.8. The Labute approximate surface area is 424 Å². The molecule has 0 aromatic heterocycles. The number of nitro benzene ring substituents is 1. The van der Waals surface area contributed by atoms with E-state index in [0.717, 1.165) is 36.1 Å². The largest absolute Gasteiger partial charge is 0.352 e. The summed E-state index contributed by atoms with van der Waals surface area (Å²) >= 11 is 0. The van der Waals surface area contributed by atoms with Gasteiger partial charge >= 0.3 is 0 Å². The van der Waals surface area contributed by atoms with Gasteiger partial charge < -0.3 is 42.1 Å². The van der Waals surface area contributed by atoms with E-state index >= 15 is 0 Å². The molecule has 0 unspecified atom stereocenters. The Morgan fingerprint density at radius 2 is 1.38 bits per heavy atom. The highest BCUT2D eigenvalue weighted by Gasteiger charge is 2.46. The maximum Gasteiger partial charge on any atom is 0.270 e. The average molecular weight is 1000 g/mol. The number of nitrogens with one attached hydrogen (secondary N) is 7. The number of benzene rings is 2. The van der Waals surface area contributed by atoms with E-state index in [1.165, 1.54) is 11.0 Å². The highest BCUT2D eigenvalue weighted by molar-refractivity contribution is 6.03. The lowest BCUT2D eigenvalue weighted by atomic mass is 9.85. The monoisotopic (exact) mass is 1000 g/mol. The number of amides is 6. The van der Waals surface area contributed by atoms with Gasteiger partial charge in [0.25, 0.3) is 5.69 Å². The van der Waals surface area contributed by atoms with Gasteiger partial charge in [-0.2, -0.15) is 0 Å². The Hall–Kier alpha value is -6.08. The minimum absolute atomic E-state index is 0.00763. The summed E-state index contributed by atoms with van der Waals surface area (Å²) in [7, 11) is 3.24. The van der Waals surface area contributed by atoms with Gasteiger partial charge in [0.2, 0.25) is 35.4 Å². The summed E-state index contributed by atoms with van der Waals surface area (Å²) in [6.07, 6.45) is 2.19. The maximum absolute atomic E-state index is 14.7. The molecule has 4 rings (SSSR count). The van der Waals surface area contributed by atoms with E-state index in [9.17, 15) is 48.5 Å². The first-order valence-electron chi connectivity index (χ1n) is 25.4. The zero-order valence-corrected chi connectivity index (χ0v) is 44.2. The molecule has 396 valence electrons. The Morgan fingerprint density at radius 3 is 1.96 bits per heavy atom. The van der Waals surface area contributed by atoms with Crippen LogP contribution in [0.1, 0.15) is 152 Å². The summed E-state index contributed by atoms with van der Waals surface area (Å²) in [4.78, 5) is 123. The molecule has 2 aromatic carbocycles. The number of non-ortho nitro benzene ring substituents is 1. The van der Waals surface area contributed by atoms with E-state index in [1.807, 2.05) is 65.8 Å². The number of carbonyl (C=O) groups is 8. The van der Waals surface area contributed by atoms with Gasteiger partial charge in [0.05, 0.1) is 23.0 Å². The third-order valence-electron chi connectivity index (χ3n) is 14.1. The first-order valence-corrected chi connectivity index (χ1v) is 25.4. The van der Waals surface area contributed by atoms with Gasteiger partial charge in [-0.1, -0.05) is 72.7 Å². The van der Waals surface area contributed by atoms with Crippen LogP contribution >= 0.6 is 0 Å². The summed E-state index contributed by atoms with van der Waals surface area (Å²) in [6.45, 7) is 17.9. The van der Waals surface area contributed by atoms with Gasteiger partial charge in [0.1, 0.15) is 24.2 Å². The van der Waals surface area contributed by atoms with Gasteiger partial charge in [0, 0.05) is 48.7 Å². The van der Waals surface area contributed by atoms with Gasteiger partial charge in [-0.3, -0.25) is 48.5 Å². The van der Waals surface area contributed by atoms with E-state index in [4.69, 9.17) is 0 Å². The van der Waals surface area contributed by atoms with Crippen LogP contribution in [0.25, 0.3) is 0 Å². The number of nitrogens with zero attached hydrogens (tertiary/aromatic N) is 2. The second-order valence-electron chi connectivity index (χ2n) is 21.4. The molecule has 1 aliphatic heterocycles. The standard InChI is InChI=1S/C53H79N9O10/c1-29(2)31(5)56-49(67)41(58-51(69)45(30(3)4)59-47(65)32(6)54-11)21-16-22-43(63)36-25-37(27-38(26-36)62(71)72)44(64)24-34-23-42(50(68)57-40-20-15-18-35-17-13-14-19-39(35)40)61(28-34)52(70)46(53(8,9)10)60-48(66)33(7)55-12/h13-14,17,19,25-27,29-34,40-42,45-46,54-55H,15-16,18,20-24,28H2,1-12H3,(H,56,67)(H,57,68)(H,58,69)(H,59,65)(H,60,66)/t31-,32+,33+,34-,40-,41+,42+,45+,46-/m1/s1. The maximum atomic E-state index is 14.7. The number of carbonyl (C=O) groups excluding carboxylic acids is 8. The normalized spacial score (nSPS) is 19.2. The van der Waals surface area contributed by atoms with E-state index < -0.39 is 105 Å². The van der Waals surface area contributed by atoms with Gasteiger partial charge in [-0.15, -0.1) is 0 Å². The summed E-state index contributed by atoms with van der Waals surface area (Å²) in [6, 6.07) is 5.52. The number of Topliss-reactive ketones (excluding diaryl/α,β-unsaturated/α-hetero) is 2. The molecule has 1 saturated heterocycles. The lowest BCUT2D eigenvalue weighted by Crippen LogP contribution is -2.59. The topological polar surface area (TPSA) is 267 Å². The Bertz CT molecular complexity index is 2310. The van der Waals surface area contributed by atoms with Crippen LogP contribution in [-0.4, -0.2) is 120 Å². The Balaban J connectivity index is 1.58. The van der Waals surface area contributed by atoms with Crippen molar-refractivity contribution in [2.75, 3.05) is 20.6 Å². The van der Waals surface area contributed by atoms with Crippen LogP contribution in [0, 0.1) is 33.3 Å². The number of nitro groups is 1. The third-order valence-corrected chi connectivity index (χ3v) is 14.1. The van der Waals surface area contributed by atoms with Crippen molar-refractivity contribution in [1.29, 1.82) is 0 Å². The predicted molar refractivity (Wildman–Crippen MR) is 274 cm³/mol. The molecule has 0 saturated carbocycles. The molecule has 2 aromatic rings. The molecule has 72 heavy (non-hydrogen) atoms. The molecular formula is C53H79N9O10. The zero-order valence-electron chi connectivity index (χ0n) is 44.2. The summed E-state index contributed by atoms with van der Waals surface area (Å²) in [5.41, 5.74) is 0.671. The molecule has 9 atom stereocenters. The molecule has 19 nitrogen and oxygen atoms in total. The zero-order chi connectivity index (χ0) is 53.8. The second kappa shape index (κ2) is 26.0. The van der Waals surface area contributed by atoms with Crippen molar-refractivity contribution in [1.82, 2.24) is 42.1 Å². The molecule has 7 N–H and O–H groups in total. The first kappa shape index (κ1) is 58.5. The number of hydrogen-bond donors (Lipinski definition) is 7. The number of hydrogen-bond acceptors (Lipinski definition) is 12. The lowest BCUT2D eigenvalue weighted by Gasteiger charge is -2.36. The summed E-state index contributed by atoms with van der Waals surface area (Å²) in [5, 5.41) is 32.4. The van der Waals surface area contributed by atoms with Crippen LogP contribution in [-0.2, 0) is 35.2 Å². The lowest BCUT2D eigenvalue weighted by molar-refractivity contribution is -0.384. The number of likely N-dealkylation sites (tertiary alicyclic amines) is 1. The van der Waals surface area contributed by atoms with E-state index in [0.29, 0.717) is 6.42 Å². The van der Waals surface area contributed by atoms with Crippen molar-refractivity contribution in [3.63, 3.8) is 0 Å². The summed E-state index contributed by atoms with van der Waals surface area (Å²) in [5.74, 6) is -4.67. The van der Waals surface area contributed by atoms with Crippen LogP contribution in [0.15, 0.2) is 42.5 Å². The molecule has 0 radical (unpaired) electrons. The highest BCUT2D eigenvalue weighted by Crippen LogP contribution is 2.34. The van der Waals surface area contributed by atoms with Crippen molar-refractivity contribution in [3.05, 3.63) is 74.8 Å². The minimum Gasteiger partial charge on any atom is -0.352 e. The molecular weight excluding hydrogens is 923 g/mol. The average Bonchev–Trinajstić information content (AvgIpc) is 3.76. The number of likely N-dealkylation sites (N-methyl/N-ethyl adjacent to an activating group) is 2. The van der Waals surface area contributed by atoms with E-state index in [1.54, 1.807) is 41.8 Å². The van der Waals surface area contributed by atoms with E-state index in [-0.39, 0.29) is 73.7 Å². The number of fused-ring (bicyclic) bond motifs is 1. The van der Waals surface area contributed by atoms with Crippen LogP contribution in [0.3, 0.4) is 0 Å². The summed E-state index contributed by atoms with van der Waals surface area (Å²) < 4.78 is 0.